The Kier molecular flexibility index (Phi) is 6.16. The summed E-state index contributed by atoms with van der Waals surface area (Å²) >= 11 is 0. The van der Waals surface area contributed by atoms with Gasteiger partial charge in [0.25, 0.3) is 0 Å². The Hall–Kier alpha value is -1.22. The molecular weight excluding hydrogens is 238 g/mol. The van der Waals surface area contributed by atoms with Crippen molar-refractivity contribution in [2.24, 2.45) is 5.92 Å². The highest BCUT2D eigenvalue weighted by molar-refractivity contribution is 5.37. The molecule has 0 saturated heterocycles. The number of hydrogen-bond acceptors (Lipinski definition) is 3. The van der Waals surface area contributed by atoms with Gasteiger partial charge in [-0.05, 0) is 37.1 Å². The Labute approximate surface area is 116 Å². The minimum Gasteiger partial charge on any atom is -0.508 e. The van der Waals surface area contributed by atoms with Crippen molar-refractivity contribution in [3.63, 3.8) is 0 Å². The van der Waals surface area contributed by atoms with Gasteiger partial charge < -0.3 is 10.2 Å². The normalized spacial score (nSPS) is 13.2. The Morgan fingerprint density at radius 2 is 1.53 bits per heavy atom. The zero-order valence-electron chi connectivity index (χ0n) is 12.6. The molecule has 1 unspecified atom stereocenters. The maximum Gasteiger partial charge on any atom is 0.119 e. The predicted molar refractivity (Wildman–Crippen MR) is 79.5 cm³/mol. The average molecular weight is 265 g/mol. The molecule has 108 valence electrons. The van der Waals surface area contributed by atoms with E-state index in [1.807, 2.05) is 0 Å². The number of nitrogens with zero attached hydrogens (tertiary/aromatic N) is 1. The van der Waals surface area contributed by atoms with Crippen molar-refractivity contribution in [2.75, 3.05) is 13.1 Å². The SMILES string of the molecule is CCC(CC)CN(CC)C(C)c1cc(O)cc(O)c1. The number of benzene rings is 1. The third-order valence-corrected chi connectivity index (χ3v) is 4.01. The van der Waals surface area contributed by atoms with Crippen molar-refractivity contribution in [1.82, 2.24) is 4.90 Å². The highest BCUT2D eigenvalue weighted by atomic mass is 16.3. The fraction of sp³-hybridized carbons (Fsp3) is 0.625. The summed E-state index contributed by atoms with van der Waals surface area (Å²) in [5.41, 5.74) is 0.963. The van der Waals surface area contributed by atoms with Crippen molar-refractivity contribution in [3.05, 3.63) is 23.8 Å². The molecule has 0 heterocycles. The molecule has 0 aromatic heterocycles. The monoisotopic (exact) mass is 265 g/mol. The van der Waals surface area contributed by atoms with Crippen LogP contribution in [0.3, 0.4) is 0 Å². The summed E-state index contributed by atoms with van der Waals surface area (Å²) < 4.78 is 0. The molecule has 0 bridgehead atoms. The summed E-state index contributed by atoms with van der Waals surface area (Å²) in [5.74, 6) is 0.953. The van der Waals surface area contributed by atoms with Crippen molar-refractivity contribution in [2.45, 2.75) is 46.6 Å². The van der Waals surface area contributed by atoms with Crippen molar-refractivity contribution >= 4 is 0 Å². The lowest BCUT2D eigenvalue weighted by Crippen LogP contribution is -2.31. The fourth-order valence-corrected chi connectivity index (χ4v) is 2.51. The minimum atomic E-state index is 0.125. The molecule has 0 spiro atoms. The minimum absolute atomic E-state index is 0.125. The van der Waals surface area contributed by atoms with Gasteiger partial charge in [0, 0.05) is 18.7 Å². The molecule has 3 nitrogen and oxygen atoms in total. The van der Waals surface area contributed by atoms with Crippen LogP contribution in [0.4, 0.5) is 0 Å². The van der Waals surface area contributed by atoms with Crippen LogP contribution in [0, 0.1) is 5.92 Å². The van der Waals surface area contributed by atoms with Gasteiger partial charge in [0.15, 0.2) is 0 Å². The van der Waals surface area contributed by atoms with E-state index in [4.69, 9.17) is 0 Å². The van der Waals surface area contributed by atoms with E-state index in [0.29, 0.717) is 5.92 Å². The van der Waals surface area contributed by atoms with Gasteiger partial charge in [0.05, 0.1) is 0 Å². The number of phenolic OH excluding ortho intramolecular Hbond substituents is 2. The maximum absolute atomic E-state index is 9.59. The third kappa shape index (κ3) is 4.43. The molecule has 0 fully saturated rings. The molecule has 0 saturated carbocycles. The van der Waals surface area contributed by atoms with Gasteiger partial charge in [-0.25, -0.2) is 0 Å². The highest BCUT2D eigenvalue weighted by Gasteiger charge is 2.18. The van der Waals surface area contributed by atoms with E-state index >= 15 is 0 Å². The fourth-order valence-electron chi connectivity index (χ4n) is 2.51. The standard InChI is InChI=1S/C16H27NO2/c1-5-13(6-2)11-17(7-3)12(4)14-8-15(18)10-16(19)9-14/h8-10,12-13,18-19H,5-7,11H2,1-4H3. The summed E-state index contributed by atoms with van der Waals surface area (Å²) in [6, 6.07) is 5.04. The van der Waals surface area contributed by atoms with E-state index in [1.165, 1.54) is 18.9 Å². The second kappa shape index (κ2) is 7.39. The lowest BCUT2D eigenvalue weighted by atomic mass is 10.00. The van der Waals surface area contributed by atoms with E-state index in [2.05, 4.69) is 32.6 Å². The molecule has 1 aromatic rings. The zero-order chi connectivity index (χ0) is 14.4. The van der Waals surface area contributed by atoms with Gasteiger partial charge in [0.1, 0.15) is 11.5 Å². The first kappa shape index (κ1) is 15.8. The molecular formula is C16H27NO2. The molecule has 2 N–H and O–H groups in total. The molecule has 0 amide bonds. The van der Waals surface area contributed by atoms with Gasteiger partial charge >= 0.3 is 0 Å². The highest BCUT2D eigenvalue weighted by Crippen LogP contribution is 2.29. The molecule has 0 aliphatic rings. The first-order valence-electron chi connectivity index (χ1n) is 7.28. The Morgan fingerprint density at radius 1 is 1.00 bits per heavy atom. The average Bonchev–Trinajstić information content (AvgIpc) is 2.38. The first-order valence-corrected chi connectivity index (χ1v) is 7.28. The number of phenols is 2. The second-order valence-electron chi connectivity index (χ2n) is 5.23. The topological polar surface area (TPSA) is 43.7 Å². The van der Waals surface area contributed by atoms with Crippen LogP contribution in [0.15, 0.2) is 18.2 Å². The molecule has 0 aliphatic carbocycles. The van der Waals surface area contributed by atoms with Crippen LogP contribution >= 0.6 is 0 Å². The van der Waals surface area contributed by atoms with Gasteiger partial charge in [-0.3, -0.25) is 4.90 Å². The Balaban J connectivity index is 2.85. The van der Waals surface area contributed by atoms with Crippen molar-refractivity contribution < 1.29 is 10.2 Å². The predicted octanol–water partition coefficient (Wildman–Crippen LogP) is 3.92. The second-order valence-corrected chi connectivity index (χ2v) is 5.23. The van der Waals surface area contributed by atoms with Crippen LogP contribution in [-0.4, -0.2) is 28.2 Å². The van der Waals surface area contributed by atoms with Crippen LogP contribution < -0.4 is 0 Å². The van der Waals surface area contributed by atoms with E-state index in [-0.39, 0.29) is 17.5 Å². The lowest BCUT2D eigenvalue weighted by molar-refractivity contribution is 0.181. The molecule has 3 heteroatoms. The van der Waals surface area contributed by atoms with Gasteiger partial charge in [0.2, 0.25) is 0 Å². The van der Waals surface area contributed by atoms with Crippen LogP contribution in [0.1, 0.15) is 52.1 Å². The summed E-state index contributed by atoms with van der Waals surface area (Å²) in [5, 5.41) is 19.2. The molecule has 0 aliphatic heterocycles. The zero-order valence-corrected chi connectivity index (χ0v) is 12.6. The largest absolute Gasteiger partial charge is 0.508 e. The summed E-state index contributed by atoms with van der Waals surface area (Å²) in [4.78, 5) is 2.39. The number of rotatable bonds is 7. The van der Waals surface area contributed by atoms with Crippen LogP contribution in [0.5, 0.6) is 11.5 Å². The molecule has 1 rings (SSSR count). The van der Waals surface area contributed by atoms with Crippen molar-refractivity contribution in [3.8, 4) is 11.5 Å². The quantitative estimate of drug-likeness (QED) is 0.785. The van der Waals surface area contributed by atoms with Gasteiger partial charge in [-0.1, -0.05) is 33.6 Å². The number of hydrogen-bond donors (Lipinski definition) is 2. The van der Waals surface area contributed by atoms with Crippen molar-refractivity contribution in [1.29, 1.82) is 0 Å². The number of aromatic hydroxyl groups is 2. The van der Waals surface area contributed by atoms with Gasteiger partial charge in [-0.2, -0.15) is 0 Å². The maximum atomic E-state index is 9.59. The van der Waals surface area contributed by atoms with Gasteiger partial charge in [-0.15, -0.1) is 0 Å². The van der Waals surface area contributed by atoms with Crippen LogP contribution in [0.2, 0.25) is 0 Å². The summed E-state index contributed by atoms with van der Waals surface area (Å²) in [7, 11) is 0. The summed E-state index contributed by atoms with van der Waals surface area (Å²) in [6.45, 7) is 10.8. The molecule has 0 radical (unpaired) electrons. The Morgan fingerprint density at radius 3 is 1.95 bits per heavy atom. The smallest absolute Gasteiger partial charge is 0.119 e. The molecule has 1 atom stereocenters. The van der Waals surface area contributed by atoms with E-state index in [1.54, 1.807) is 12.1 Å². The molecule has 19 heavy (non-hydrogen) atoms. The van der Waals surface area contributed by atoms with E-state index < -0.39 is 0 Å². The first-order chi connectivity index (χ1) is 9.01. The molecule has 1 aromatic carbocycles. The van der Waals surface area contributed by atoms with Crippen LogP contribution in [-0.2, 0) is 0 Å². The Bertz CT molecular complexity index is 368. The summed E-state index contributed by atoms with van der Waals surface area (Å²) in [6.07, 6.45) is 2.37. The third-order valence-electron chi connectivity index (χ3n) is 4.01. The van der Waals surface area contributed by atoms with E-state index in [9.17, 15) is 10.2 Å². The van der Waals surface area contributed by atoms with E-state index in [0.717, 1.165) is 18.7 Å². The van der Waals surface area contributed by atoms with Crippen LogP contribution in [0.25, 0.3) is 0 Å². The lowest BCUT2D eigenvalue weighted by Gasteiger charge is -2.31.